The summed E-state index contributed by atoms with van der Waals surface area (Å²) in [7, 11) is 0. The second-order valence-electron chi connectivity index (χ2n) is 15.3. The standard InChI is InChI=1S/C44H70O/c1-9-35-30-38(37-24-22-34(23-25-37)21-20-33-18-16-32(8)17-19-33)26-27-41(35)42-31-36(10-2)43(40(12-4)39(42)11-3)45-29-28-44(13-5,14-6)15-7/h26-27,30-34,37H,9-25,28-29H2,1-8H3. The van der Waals surface area contributed by atoms with Crippen molar-refractivity contribution in [3.05, 3.63) is 52.1 Å². The SMILES string of the molecule is CCc1cc(C2CCC(CCC3CCC(C)CC3)CC2)ccc1-c1cc(CC)c(OCCC(CC)(CC)CC)c(CC)c1CC. The van der Waals surface area contributed by atoms with E-state index in [0.29, 0.717) is 5.41 Å². The second-order valence-corrected chi connectivity index (χ2v) is 15.3. The van der Waals surface area contributed by atoms with E-state index in [9.17, 15) is 0 Å². The van der Waals surface area contributed by atoms with E-state index >= 15 is 0 Å². The maximum Gasteiger partial charge on any atom is 0.125 e. The molecule has 0 unspecified atom stereocenters. The molecule has 0 spiro atoms. The van der Waals surface area contributed by atoms with Gasteiger partial charge in [-0.05, 0) is 132 Å². The summed E-state index contributed by atoms with van der Waals surface area (Å²) in [6.07, 6.45) is 23.6. The number of aryl methyl sites for hydroxylation is 2. The van der Waals surface area contributed by atoms with Crippen LogP contribution in [0.1, 0.15) is 179 Å². The van der Waals surface area contributed by atoms with Crippen molar-refractivity contribution in [2.45, 2.75) is 177 Å². The van der Waals surface area contributed by atoms with Crippen LogP contribution in [0.15, 0.2) is 24.3 Å². The van der Waals surface area contributed by atoms with Crippen LogP contribution in [0.25, 0.3) is 11.1 Å². The summed E-state index contributed by atoms with van der Waals surface area (Å²) < 4.78 is 6.76. The molecule has 0 atom stereocenters. The molecule has 0 radical (unpaired) electrons. The average molecular weight is 615 g/mol. The molecule has 2 fully saturated rings. The minimum atomic E-state index is 0.414. The van der Waals surface area contributed by atoms with E-state index in [1.807, 2.05) is 0 Å². The van der Waals surface area contributed by atoms with E-state index in [4.69, 9.17) is 4.74 Å². The lowest BCUT2D eigenvalue weighted by atomic mass is 9.74. The molecule has 0 heterocycles. The molecule has 0 saturated heterocycles. The Morgan fingerprint density at radius 2 is 1.20 bits per heavy atom. The third kappa shape index (κ3) is 8.78. The predicted molar refractivity (Wildman–Crippen MR) is 198 cm³/mol. The highest BCUT2D eigenvalue weighted by atomic mass is 16.5. The molecule has 45 heavy (non-hydrogen) atoms. The molecular formula is C44H70O. The van der Waals surface area contributed by atoms with Gasteiger partial charge in [-0.1, -0.05) is 131 Å². The summed E-state index contributed by atoms with van der Waals surface area (Å²) in [5, 5.41) is 0. The summed E-state index contributed by atoms with van der Waals surface area (Å²) in [5.74, 6) is 4.92. The van der Waals surface area contributed by atoms with E-state index in [1.54, 1.807) is 5.56 Å². The Morgan fingerprint density at radius 1 is 0.622 bits per heavy atom. The summed E-state index contributed by atoms with van der Waals surface area (Å²) in [5.41, 5.74) is 10.8. The normalized spacial score (nSPS) is 22.5. The number of hydrogen-bond acceptors (Lipinski definition) is 1. The zero-order valence-electron chi connectivity index (χ0n) is 31.0. The van der Waals surface area contributed by atoms with Gasteiger partial charge < -0.3 is 4.74 Å². The monoisotopic (exact) mass is 615 g/mol. The third-order valence-corrected chi connectivity index (χ3v) is 13.0. The number of hydrogen-bond donors (Lipinski definition) is 0. The van der Waals surface area contributed by atoms with E-state index < -0.39 is 0 Å². The molecule has 1 heteroatoms. The van der Waals surface area contributed by atoms with E-state index in [1.165, 1.54) is 123 Å². The maximum absolute atomic E-state index is 6.76. The first-order valence-corrected chi connectivity index (χ1v) is 19.8. The molecular weight excluding hydrogens is 544 g/mol. The van der Waals surface area contributed by atoms with Gasteiger partial charge in [0.25, 0.3) is 0 Å². The summed E-state index contributed by atoms with van der Waals surface area (Å²) in [6.45, 7) is 19.7. The van der Waals surface area contributed by atoms with Gasteiger partial charge >= 0.3 is 0 Å². The van der Waals surface area contributed by atoms with E-state index in [0.717, 1.165) is 62.4 Å². The van der Waals surface area contributed by atoms with Crippen LogP contribution < -0.4 is 4.74 Å². The smallest absolute Gasteiger partial charge is 0.125 e. The van der Waals surface area contributed by atoms with Crippen LogP contribution in [0.3, 0.4) is 0 Å². The van der Waals surface area contributed by atoms with Crippen molar-refractivity contribution in [2.24, 2.45) is 23.2 Å². The molecule has 2 aromatic carbocycles. The summed E-state index contributed by atoms with van der Waals surface area (Å²) in [6, 6.07) is 10.1. The van der Waals surface area contributed by atoms with Crippen molar-refractivity contribution in [1.29, 1.82) is 0 Å². The number of ether oxygens (including phenoxy) is 1. The van der Waals surface area contributed by atoms with Crippen molar-refractivity contribution in [1.82, 2.24) is 0 Å². The molecule has 2 aromatic rings. The lowest BCUT2D eigenvalue weighted by Crippen LogP contribution is -2.21. The van der Waals surface area contributed by atoms with Crippen LogP contribution in [0.2, 0.25) is 0 Å². The van der Waals surface area contributed by atoms with Gasteiger partial charge in [0.2, 0.25) is 0 Å². The molecule has 252 valence electrons. The van der Waals surface area contributed by atoms with Crippen molar-refractivity contribution < 1.29 is 4.74 Å². The first-order valence-electron chi connectivity index (χ1n) is 19.8. The van der Waals surface area contributed by atoms with Crippen LogP contribution in [-0.4, -0.2) is 6.61 Å². The quantitative estimate of drug-likeness (QED) is 0.183. The lowest BCUT2D eigenvalue weighted by molar-refractivity contribution is 0.172. The van der Waals surface area contributed by atoms with Crippen LogP contribution in [0.5, 0.6) is 5.75 Å². The fraction of sp³-hybridized carbons (Fsp3) is 0.727. The van der Waals surface area contributed by atoms with Crippen molar-refractivity contribution in [3.63, 3.8) is 0 Å². The predicted octanol–water partition coefficient (Wildman–Crippen LogP) is 13.5. The molecule has 1 nitrogen and oxygen atoms in total. The van der Waals surface area contributed by atoms with Gasteiger partial charge in [0.15, 0.2) is 0 Å². The largest absolute Gasteiger partial charge is 0.493 e. The highest BCUT2D eigenvalue weighted by Gasteiger charge is 2.27. The Kier molecular flexibility index (Phi) is 14.0. The topological polar surface area (TPSA) is 9.23 Å². The van der Waals surface area contributed by atoms with Crippen LogP contribution in [0, 0.1) is 23.2 Å². The van der Waals surface area contributed by atoms with Crippen molar-refractivity contribution in [3.8, 4) is 16.9 Å². The lowest BCUT2D eigenvalue weighted by Gasteiger charge is -2.32. The number of rotatable bonds is 16. The molecule has 2 saturated carbocycles. The van der Waals surface area contributed by atoms with Gasteiger partial charge in [0, 0.05) is 0 Å². The molecule has 2 aliphatic carbocycles. The Hall–Kier alpha value is -1.76. The van der Waals surface area contributed by atoms with Gasteiger partial charge in [0.05, 0.1) is 6.61 Å². The summed E-state index contributed by atoms with van der Waals surface area (Å²) in [4.78, 5) is 0. The minimum Gasteiger partial charge on any atom is -0.493 e. The first-order chi connectivity index (χ1) is 21.8. The zero-order valence-corrected chi connectivity index (χ0v) is 31.0. The Morgan fingerprint density at radius 3 is 1.73 bits per heavy atom. The molecule has 0 N–H and O–H groups in total. The highest BCUT2D eigenvalue weighted by molar-refractivity contribution is 5.75. The van der Waals surface area contributed by atoms with Crippen LogP contribution in [-0.2, 0) is 25.7 Å². The molecule has 0 aliphatic heterocycles. The third-order valence-electron chi connectivity index (χ3n) is 13.0. The summed E-state index contributed by atoms with van der Waals surface area (Å²) >= 11 is 0. The fourth-order valence-corrected chi connectivity index (χ4v) is 9.23. The minimum absolute atomic E-state index is 0.414. The first kappa shape index (κ1) is 36.1. The molecule has 0 amide bonds. The Balaban J connectivity index is 1.49. The van der Waals surface area contributed by atoms with Gasteiger partial charge in [0.1, 0.15) is 5.75 Å². The average Bonchev–Trinajstić information content (AvgIpc) is 3.09. The van der Waals surface area contributed by atoms with Crippen molar-refractivity contribution >= 4 is 0 Å². The fourth-order valence-electron chi connectivity index (χ4n) is 9.23. The number of benzene rings is 2. The molecule has 0 aromatic heterocycles. The zero-order chi connectivity index (χ0) is 32.4. The van der Waals surface area contributed by atoms with Crippen LogP contribution >= 0.6 is 0 Å². The molecule has 4 rings (SSSR count). The Bertz CT molecular complexity index is 1160. The second kappa shape index (κ2) is 17.4. The van der Waals surface area contributed by atoms with Crippen LogP contribution in [0.4, 0.5) is 0 Å². The highest BCUT2D eigenvalue weighted by Crippen LogP contribution is 2.43. The van der Waals surface area contributed by atoms with E-state index in [2.05, 4.69) is 79.7 Å². The van der Waals surface area contributed by atoms with Gasteiger partial charge in [-0.15, -0.1) is 0 Å². The maximum atomic E-state index is 6.76. The van der Waals surface area contributed by atoms with Gasteiger partial charge in [-0.3, -0.25) is 0 Å². The van der Waals surface area contributed by atoms with E-state index in [-0.39, 0.29) is 0 Å². The van der Waals surface area contributed by atoms with Gasteiger partial charge in [-0.25, -0.2) is 0 Å². The van der Waals surface area contributed by atoms with Crippen molar-refractivity contribution in [2.75, 3.05) is 6.61 Å². The Labute approximate surface area is 279 Å². The molecule has 2 aliphatic rings. The molecule has 0 bridgehead atoms. The van der Waals surface area contributed by atoms with Gasteiger partial charge in [-0.2, -0.15) is 0 Å².